The van der Waals surface area contributed by atoms with Crippen molar-refractivity contribution in [2.75, 3.05) is 18.8 Å². The van der Waals surface area contributed by atoms with Crippen LogP contribution in [0.2, 0.25) is 10.0 Å². The number of fused-ring (bicyclic) bond motifs is 2. The summed E-state index contributed by atoms with van der Waals surface area (Å²) in [6.45, 7) is 0.528. The van der Waals surface area contributed by atoms with E-state index in [0.717, 1.165) is 0 Å². The number of allylic oxidation sites excluding steroid dienone is 1. The molecule has 2 aromatic carbocycles. The minimum atomic E-state index is -3.73. The number of nitrogens with zero attached hydrogens (tertiary/aromatic N) is 1. The van der Waals surface area contributed by atoms with E-state index in [4.69, 9.17) is 27.9 Å². The van der Waals surface area contributed by atoms with Gasteiger partial charge in [-0.25, -0.2) is 8.42 Å². The van der Waals surface area contributed by atoms with Crippen molar-refractivity contribution in [3.05, 3.63) is 68.5 Å². The first-order valence-electron chi connectivity index (χ1n) is 9.92. The fourth-order valence-electron chi connectivity index (χ4n) is 4.18. The van der Waals surface area contributed by atoms with E-state index in [1.165, 1.54) is 34.3 Å². The monoisotopic (exact) mass is 509 g/mol. The average Bonchev–Trinajstić information content (AvgIpc) is 2.79. The van der Waals surface area contributed by atoms with Gasteiger partial charge < -0.3 is 4.74 Å². The topological polar surface area (TPSA) is 80.8 Å². The Balaban J connectivity index is 1.39. The zero-order valence-corrected chi connectivity index (χ0v) is 19.8. The summed E-state index contributed by atoms with van der Waals surface area (Å²) < 4.78 is 34.0. The largest absolute Gasteiger partial charge is 0.484 e. The average molecular weight is 510 g/mol. The number of carbonyl (C=O) groups is 2. The van der Waals surface area contributed by atoms with Crippen molar-refractivity contribution < 1.29 is 22.7 Å². The third kappa shape index (κ3) is 3.49. The number of rotatable bonds is 2. The fourth-order valence-corrected chi connectivity index (χ4v) is 7.27. The van der Waals surface area contributed by atoms with Crippen molar-refractivity contribution >= 4 is 62.3 Å². The molecule has 0 saturated carbocycles. The van der Waals surface area contributed by atoms with E-state index in [1.807, 2.05) is 0 Å². The number of hydrogen-bond donors (Lipinski definition) is 0. The number of hydrogen-bond acceptors (Lipinski definition) is 6. The van der Waals surface area contributed by atoms with Gasteiger partial charge in [0.2, 0.25) is 21.6 Å². The summed E-state index contributed by atoms with van der Waals surface area (Å²) in [6.07, 6.45) is 0.920. The van der Waals surface area contributed by atoms with Crippen LogP contribution >= 0.6 is 35.0 Å². The van der Waals surface area contributed by atoms with Crippen molar-refractivity contribution in [3.8, 4) is 0 Å². The molecule has 166 valence electrons. The number of benzene rings is 2. The van der Waals surface area contributed by atoms with Crippen molar-refractivity contribution in [3.63, 3.8) is 0 Å². The van der Waals surface area contributed by atoms with Gasteiger partial charge in [0.15, 0.2) is 0 Å². The van der Waals surface area contributed by atoms with Crippen molar-refractivity contribution in [1.29, 1.82) is 0 Å². The fraction of sp³-hybridized carbons (Fsp3) is 0.273. The number of sulfonamides is 1. The molecular weight excluding hydrogens is 493 g/mol. The van der Waals surface area contributed by atoms with Gasteiger partial charge in [-0.15, -0.1) is 11.8 Å². The number of Topliss-reactive ketones (excluding diaryl/α,β-unsaturated/α-hetero) is 2. The predicted octanol–water partition coefficient (Wildman–Crippen LogP) is 4.41. The molecule has 32 heavy (non-hydrogen) atoms. The molecule has 0 unspecified atom stereocenters. The van der Waals surface area contributed by atoms with Gasteiger partial charge in [-0.3, -0.25) is 9.59 Å². The molecule has 0 aromatic heterocycles. The summed E-state index contributed by atoms with van der Waals surface area (Å²) in [6, 6.07) is 11.2. The van der Waals surface area contributed by atoms with Gasteiger partial charge in [0.25, 0.3) is 0 Å². The number of ether oxygens (including phenoxy) is 1. The highest BCUT2D eigenvalue weighted by molar-refractivity contribution is 8.04. The molecule has 10 heteroatoms. The molecule has 5 rings (SSSR count). The smallest absolute Gasteiger partial charge is 0.243 e. The maximum absolute atomic E-state index is 13.1. The van der Waals surface area contributed by atoms with Gasteiger partial charge in [-0.2, -0.15) is 4.31 Å². The lowest BCUT2D eigenvalue weighted by molar-refractivity contribution is -0.111. The summed E-state index contributed by atoms with van der Waals surface area (Å²) in [5.74, 6) is -0.150. The zero-order chi connectivity index (χ0) is 22.7. The SMILES string of the molecule is O=C1C(=O)c2ccccc2C2=C1SCC1(CCN(S(=O)(=O)c3ccc(Cl)c(Cl)c3)CC1)O2. The molecule has 6 nitrogen and oxygen atoms in total. The summed E-state index contributed by atoms with van der Waals surface area (Å²) in [5.41, 5.74) is 0.346. The zero-order valence-electron chi connectivity index (χ0n) is 16.6. The van der Waals surface area contributed by atoms with Gasteiger partial charge in [-0.05, 0) is 18.2 Å². The number of carbonyl (C=O) groups excluding carboxylic acids is 2. The predicted molar refractivity (Wildman–Crippen MR) is 123 cm³/mol. The lowest BCUT2D eigenvalue weighted by Gasteiger charge is -2.45. The first-order chi connectivity index (χ1) is 15.2. The van der Waals surface area contributed by atoms with Gasteiger partial charge >= 0.3 is 0 Å². The van der Waals surface area contributed by atoms with Crippen LogP contribution in [0.1, 0.15) is 28.8 Å². The van der Waals surface area contributed by atoms with E-state index in [-0.39, 0.29) is 23.0 Å². The summed E-state index contributed by atoms with van der Waals surface area (Å²) >= 11 is 13.2. The standard InChI is InChI=1S/C22H17Cl2NO5S2/c23-16-6-5-13(11-17(16)24)32(28,29)25-9-7-22(8-10-25)12-31-21-19(27)18(26)14-3-1-2-4-15(14)20(21)30-22/h1-6,11H,7-10,12H2. The lowest BCUT2D eigenvalue weighted by Crippen LogP contribution is -2.50. The Morgan fingerprint density at radius 1 is 0.938 bits per heavy atom. The highest BCUT2D eigenvalue weighted by Crippen LogP contribution is 2.47. The van der Waals surface area contributed by atoms with Crippen LogP contribution < -0.4 is 0 Å². The number of thioether (sulfide) groups is 1. The second-order valence-corrected chi connectivity index (χ2v) is 11.7. The van der Waals surface area contributed by atoms with Crippen LogP contribution in [-0.4, -0.2) is 48.7 Å². The van der Waals surface area contributed by atoms with Gasteiger partial charge in [-0.1, -0.05) is 47.5 Å². The third-order valence-electron chi connectivity index (χ3n) is 6.00. The van der Waals surface area contributed by atoms with Crippen LogP contribution in [0.4, 0.5) is 0 Å². The van der Waals surface area contributed by atoms with Crippen molar-refractivity contribution in [1.82, 2.24) is 4.31 Å². The molecule has 0 radical (unpaired) electrons. The minimum absolute atomic E-state index is 0.0945. The maximum atomic E-state index is 13.1. The second kappa shape index (κ2) is 7.88. The second-order valence-electron chi connectivity index (χ2n) is 7.92. The van der Waals surface area contributed by atoms with Crippen LogP contribution in [0.5, 0.6) is 0 Å². The van der Waals surface area contributed by atoms with E-state index in [0.29, 0.717) is 45.4 Å². The Hall–Kier alpha value is -1.84. The molecule has 0 bridgehead atoms. The van der Waals surface area contributed by atoms with E-state index < -0.39 is 27.2 Å². The highest BCUT2D eigenvalue weighted by atomic mass is 35.5. The number of halogens is 2. The Kier molecular flexibility index (Phi) is 5.41. The Bertz CT molecular complexity index is 1300. The molecule has 3 aliphatic rings. The van der Waals surface area contributed by atoms with Crippen LogP contribution in [0.3, 0.4) is 0 Å². The van der Waals surface area contributed by atoms with Gasteiger partial charge in [0.05, 0.1) is 14.9 Å². The molecule has 0 amide bonds. The first-order valence-corrected chi connectivity index (χ1v) is 13.1. The van der Waals surface area contributed by atoms with Crippen LogP contribution in [0, 0.1) is 0 Å². The summed E-state index contributed by atoms with van der Waals surface area (Å²) in [4.78, 5) is 25.4. The number of piperidine rings is 1. The lowest BCUT2D eigenvalue weighted by atomic mass is 9.90. The van der Waals surface area contributed by atoms with Gasteiger partial charge in [0, 0.05) is 42.8 Å². The molecule has 1 saturated heterocycles. The Labute approximate surface area is 199 Å². The molecule has 1 aliphatic carbocycles. The Morgan fingerprint density at radius 3 is 2.31 bits per heavy atom. The normalized spacial score (nSPS) is 20.7. The van der Waals surface area contributed by atoms with E-state index in [1.54, 1.807) is 24.3 Å². The van der Waals surface area contributed by atoms with Gasteiger partial charge in [0.1, 0.15) is 16.3 Å². The molecule has 1 fully saturated rings. The van der Waals surface area contributed by atoms with Crippen LogP contribution in [0.25, 0.3) is 5.76 Å². The minimum Gasteiger partial charge on any atom is -0.484 e. The van der Waals surface area contributed by atoms with Crippen molar-refractivity contribution in [2.24, 2.45) is 0 Å². The highest BCUT2D eigenvalue weighted by Gasteiger charge is 2.47. The quantitative estimate of drug-likeness (QED) is 0.557. The van der Waals surface area contributed by atoms with E-state index in [9.17, 15) is 18.0 Å². The summed E-state index contributed by atoms with van der Waals surface area (Å²) in [5, 5.41) is 0.476. The molecule has 1 spiro atoms. The number of ketones is 2. The molecule has 2 aliphatic heterocycles. The maximum Gasteiger partial charge on any atom is 0.243 e. The van der Waals surface area contributed by atoms with Crippen molar-refractivity contribution in [2.45, 2.75) is 23.3 Å². The third-order valence-corrected chi connectivity index (χ3v) is 9.96. The van der Waals surface area contributed by atoms with Crippen LogP contribution in [-0.2, 0) is 19.6 Å². The molecule has 0 N–H and O–H groups in total. The molecule has 2 heterocycles. The molecular formula is C22H17Cl2NO5S2. The summed E-state index contributed by atoms with van der Waals surface area (Å²) in [7, 11) is -3.73. The van der Waals surface area contributed by atoms with E-state index in [2.05, 4.69) is 0 Å². The van der Waals surface area contributed by atoms with Crippen LogP contribution in [0.15, 0.2) is 52.3 Å². The first kappa shape index (κ1) is 22.0. The van der Waals surface area contributed by atoms with E-state index >= 15 is 0 Å². The Morgan fingerprint density at radius 2 is 1.62 bits per heavy atom. The molecule has 0 atom stereocenters. The molecule has 2 aromatic rings.